The highest BCUT2D eigenvalue weighted by molar-refractivity contribution is 7.89. The topological polar surface area (TPSA) is 136 Å². The van der Waals surface area contributed by atoms with Crippen molar-refractivity contribution in [1.82, 2.24) is 4.31 Å². The van der Waals surface area contributed by atoms with Gasteiger partial charge in [-0.15, -0.1) is 0 Å². The Bertz CT molecular complexity index is 792. The lowest BCUT2D eigenvalue weighted by molar-refractivity contribution is -0.384. The fourth-order valence-corrected chi connectivity index (χ4v) is 4.81. The Kier molecular flexibility index (Phi) is 6.19. The van der Waals surface area contributed by atoms with E-state index in [9.17, 15) is 23.3 Å². The number of nitrogens with one attached hydrogen (secondary N) is 1. The highest BCUT2D eigenvalue weighted by atomic mass is 32.2. The zero-order valence-electron chi connectivity index (χ0n) is 14.8. The first-order valence-corrected chi connectivity index (χ1v) is 10.0. The van der Waals surface area contributed by atoms with Gasteiger partial charge in [0.15, 0.2) is 0 Å². The van der Waals surface area contributed by atoms with E-state index in [0.717, 1.165) is 12.5 Å². The first-order chi connectivity index (χ1) is 12.2. The van der Waals surface area contributed by atoms with Crippen LogP contribution in [-0.2, 0) is 14.8 Å². The number of nitrogens with zero attached hydrogens (tertiary/aromatic N) is 2. The maximum absolute atomic E-state index is 12.6. The van der Waals surface area contributed by atoms with E-state index in [2.05, 4.69) is 5.32 Å². The van der Waals surface area contributed by atoms with Gasteiger partial charge in [0.2, 0.25) is 15.9 Å². The first kappa shape index (κ1) is 20.1. The number of nitro groups is 1. The van der Waals surface area contributed by atoms with Crippen molar-refractivity contribution in [2.45, 2.75) is 44.0 Å². The van der Waals surface area contributed by atoms with Crippen LogP contribution in [0.25, 0.3) is 0 Å². The molecule has 0 radical (unpaired) electrons. The molecule has 0 heterocycles. The molecular weight excluding hydrogens is 360 g/mol. The van der Waals surface area contributed by atoms with Crippen molar-refractivity contribution in [3.63, 3.8) is 0 Å². The Morgan fingerprint density at radius 2 is 2.00 bits per heavy atom. The van der Waals surface area contributed by atoms with Gasteiger partial charge in [-0.05, 0) is 25.0 Å². The molecule has 1 aromatic carbocycles. The van der Waals surface area contributed by atoms with Gasteiger partial charge in [-0.25, -0.2) is 8.42 Å². The number of nitro benzene ring substituents is 1. The van der Waals surface area contributed by atoms with Crippen LogP contribution in [0.1, 0.15) is 33.1 Å². The minimum atomic E-state index is -3.80. The zero-order chi connectivity index (χ0) is 19.5. The number of carbonyl (C=O) groups is 1. The summed E-state index contributed by atoms with van der Waals surface area (Å²) in [7, 11) is -3.80. The van der Waals surface area contributed by atoms with Crippen LogP contribution in [0.3, 0.4) is 0 Å². The van der Waals surface area contributed by atoms with Gasteiger partial charge in [0.25, 0.3) is 5.69 Å². The number of amides is 1. The molecule has 2 rings (SSSR count). The third kappa shape index (κ3) is 3.96. The van der Waals surface area contributed by atoms with Crippen LogP contribution in [0.4, 0.5) is 11.4 Å². The molecule has 1 fully saturated rings. The third-order valence-corrected chi connectivity index (χ3v) is 6.78. The summed E-state index contributed by atoms with van der Waals surface area (Å²) in [6.45, 7) is 3.95. The standard InChI is InChI=1S/C16H24N4O5S/c1-3-19(4-2)26(24,25)11-8-9-14(15(10-11)20(22)23)18-13-7-5-6-12(13)16(17)21/h8-10,12-13,18H,3-7H2,1-2H3,(H2,17,21). The fourth-order valence-electron chi connectivity index (χ4n) is 3.33. The minimum Gasteiger partial charge on any atom is -0.376 e. The van der Waals surface area contributed by atoms with Crippen molar-refractivity contribution in [3.05, 3.63) is 28.3 Å². The average molecular weight is 384 g/mol. The molecule has 1 aliphatic carbocycles. The SMILES string of the molecule is CCN(CC)S(=O)(=O)c1ccc(NC2CCCC2C(N)=O)c([N+](=O)[O-])c1. The number of primary amides is 1. The summed E-state index contributed by atoms with van der Waals surface area (Å²) in [5.74, 6) is -0.836. The molecule has 2 unspecified atom stereocenters. The Morgan fingerprint density at radius 3 is 2.54 bits per heavy atom. The Morgan fingerprint density at radius 1 is 1.35 bits per heavy atom. The van der Waals surface area contributed by atoms with Crippen molar-refractivity contribution in [2.24, 2.45) is 11.7 Å². The quantitative estimate of drug-likeness (QED) is 0.517. The van der Waals surface area contributed by atoms with E-state index in [1.807, 2.05) is 0 Å². The average Bonchev–Trinajstić information content (AvgIpc) is 3.04. The summed E-state index contributed by atoms with van der Waals surface area (Å²) in [5, 5.41) is 14.5. The minimum absolute atomic E-state index is 0.128. The molecule has 26 heavy (non-hydrogen) atoms. The van der Waals surface area contributed by atoms with Gasteiger partial charge in [-0.2, -0.15) is 4.31 Å². The molecule has 0 saturated heterocycles. The van der Waals surface area contributed by atoms with E-state index >= 15 is 0 Å². The largest absolute Gasteiger partial charge is 0.376 e. The maximum Gasteiger partial charge on any atom is 0.293 e. The Labute approximate surface area is 152 Å². The normalized spacial score (nSPS) is 20.3. The first-order valence-electron chi connectivity index (χ1n) is 8.56. The van der Waals surface area contributed by atoms with Crippen LogP contribution in [0.2, 0.25) is 0 Å². The Balaban J connectivity index is 2.38. The van der Waals surface area contributed by atoms with Gasteiger partial charge in [-0.1, -0.05) is 20.3 Å². The smallest absolute Gasteiger partial charge is 0.293 e. The van der Waals surface area contributed by atoms with Crippen molar-refractivity contribution in [2.75, 3.05) is 18.4 Å². The summed E-state index contributed by atoms with van der Waals surface area (Å²) < 4.78 is 26.4. The number of sulfonamides is 1. The number of nitrogens with two attached hydrogens (primary N) is 1. The molecule has 1 saturated carbocycles. The molecule has 10 heteroatoms. The molecule has 1 aliphatic rings. The Hall–Kier alpha value is -2.20. The summed E-state index contributed by atoms with van der Waals surface area (Å²) in [6.07, 6.45) is 2.10. The fraction of sp³-hybridized carbons (Fsp3) is 0.562. The van der Waals surface area contributed by atoms with Crippen molar-refractivity contribution < 1.29 is 18.1 Å². The van der Waals surface area contributed by atoms with Crippen LogP contribution in [0, 0.1) is 16.0 Å². The van der Waals surface area contributed by atoms with Crippen LogP contribution < -0.4 is 11.1 Å². The summed E-state index contributed by atoms with van der Waals surface area (Å²) in [6, 6.07) is 3.49. The number of rotatable bonds is 8. The van der Waals surface area contributed by atoms with E-state index in [-0.39, 0.29) is 35.4 Å². The maximum atomic E-state index is 12.6. The molecule has 1 aromatic rings. The zero-order valence-corrected chi connectivity index (χ0v) is 15.7. The number of benzene rings is 1. The van der Waals surface area contributed by atoms with Gasteiger partial charge in [0, 0.05) is 25.2 Å². The van der Waals surface area contributed by atoms with Crippen molar-refractivity contribution in [3.8, 4) is 0 Å². The van der Waals surface area contributed by atoms with E-state index < -0.39 is 26.8 Å². The van der Waals surface area contributed by atoms with Crippen molar-refractivity contribution in [1.29, 1.82) is 0 Å². The lowest BCUT2D eigenvalue weighted by Gasteiger charge is -2.21. The molecule has 144 valence electrons. The highest BCUT2D eigenvalue weighted by Gasteiger charge is 2.33. The molecule has 3 N–H and O–H groups in total. The number of carbonyl (C=O) groups excluding carboxylic acids is 1. The van der Waals surface area contributed by atoms with Gasteiger partial charge >= 0.3 is 0 Å². The van der Waals surface area contributed by atoms with Gasteiger partial charge < -0.3 is 11.1 Å². The molecule has 0 spiro atoms. The second kappa shape index (κ2) is 8.00. The molecular formula is C16H24N4O5S. The lowest BCUT2D eigenvalue weighted by atomic mass is 10.0. The van der Waals surface area contributed by atoms with Crippen LogP contribution in [-0.4, -0.2) is 42.7 Å². The molecule has 2 atom stereocenters. The van der Waals surface area contributed by atoms with E-state index in [4.69, 9.17) is 5.73 Å². The predicted molar refractivity (Wildman–Crippen MR) is 97.1 cm³/mol. The van der Waals surface area contributed by atoms with Crippen LogP contribution >= 0.6 is 0 Å². The van der Waals surface area contributed by atoms with E-state index in [1.165, 1.54) is 16.4 Å². The van der Waals surface area contributed by atoms with Crippen molar-refractivity contribution >= 4 is 27.3 Å². The summed E-state index contributed by atoms with van der Waals surface area (Å²) in [5.41, 5.74) is 5.23. The molecule has 0 aliphatic heterocycles. The van der Waals surface area contributed by atoms with Gasteiger partial charge in [0.05, 0.1) is 15.7 Å². The monoisotopic (exact) mass is 384 g/mol. The number of anilines is 1. The lowest BCUT2D eigenvalue weighted by Crippen LogP contribution is -2.34. The van der Waals surface area contributed by atoms with E-state index in [0.29, 0.717) is 12.8 Å². The van der Waals surface area contributed by atoms with E-state index in [1.54, 1.807) is 13.8 Å². The third-order valence-electron chi connectivity index (χ3n) is 4.73. The molecule has 0 bridgehead atoms. The van der Waals surface area contributed by atoms with Gasteiger partial charge in [0.1, 0.15) is 5.69 Å². The summed E-state index contributed by atoms with van der Waals surface area (Å²) in [4.78, 5) is 22.2. The molecule has 1 amide bonds. The molecule has 0 aromatic heterocycles. The summed E-state index contributed by atoms with van der Waals surface area (Å²) >= 11 is 0. The van der Waals surface area contributed by atoms with Crippen LogP contribution in [0.5, 0.6) is 0 Å². The highest BCUT2D eigenvalue weighted by Crippen LogP contribution is 2.34. The number of hydrogen-bond acceptors (Lipinski definition) is 6. The molecule has 9 nitrogen and oxygen atoms in total. The second-order valence-electron chi connectivity index (χ2n) is 6.22. The second-order valence-corrected chi connectivity index (χ2v) is 8.15. The van der Waals surface area contributed by atoms with Gasteiger partial charge in [-0.3, -0.25) is 14.9 Å². The predicted octanol–water partition coefficient (Wildman–Crippen LogP) is 1.69. The van der Waals surface area contributed by atoms with Crippen LogP contribution in [0.15, 0.2) is 23.1 Å². The number of hydrogen-bond donors (Lipinski definition) is 2.